The minimum atomic E-state index is 0.539. The number of allylic oxidation sites excluding steroid dienone is 1. The van der Waals surface area contributed by atoms with E-state index in [1.54, 1.807) is 6.21 Å². The van der Waals surface area contributed by atoms with Gasteiger partial charge in [0.15, 0.2) is 0 Å². The van der Waals surface area contributed by atoms with Crippen molar-refractivity contribution in [3.8, 4) is 0 Å². The molecule has 0 bridgehead atoms. The summed E-state index contributed by atoms with van der Waals surface area (Å²) in [5.41, 5.74) is 5.14. The number of hydrogen-bond acceptors (Lipinski definition) is 2. The second kappa shape index (κ2) is 6.37. The van der Waals surface area contributed by atoms with Crippen molar-refractivity contribution >= 4 is 6.21 Å². The van der Waals surface area contributed by atoms with Gasteiger partial charge < -0.3 is 5.73 Å². The van der Waals surface area contributed by atoms with E-state index in [-0.39, 0.29) is 0 Å². The van der Waals surface area contributed by atoms with Crippen molar-refractivity contribution in [3.63, 3.8) is 0 Å². The molecule has 0 rings (SSSR count). The topological polar surface area (TPSA) is 38.4 Å². The smallest absolute Gasteiger partial charge is 0.0566 e. The van der Waals surface area contributed by atoms with E-state index in [9.17, 15) is 0 Å². The molecule has 0 fully saturated rings. The molecular weight excluding hydrogens is 100 g/mol. The van der Waals surface area contributed by atoms with Crippen LogP contribution in [-0.4, -0.2) is 19.3 Å². The maximum Gasteiger partial charge on any atom is 0.0566 e. The quantitative estimate of drug-likeness (QED) is 0.421. The predicted octanol–water partition coefficient (Wildman–Crippen LogP) is 0.592. The van der Waals surface area contributed by atoms with Crippen molar-refractivity contribution in [2.75, 3.05) is 13.1 Å². The molecule has 0 amide bonds. The summed E-state index contributed by atoms with van der Waals surface area (Å²) >= 11 is 0. The molecule has 0 aliphatic heterocycles. The highest BCUT2D eigenvalue weighted by molar-refractivity contribution is 5.59. The first kappa shape index (κ1) is 7.37. The Labute approximate surface area is 50.1 Å². The number of rotatable bonds is 3. The minimum Gasteiger partial charge on any atom is -0.326 e. The average molecular weight is 112 g/mol. The molecule has 2 heteroatoms. The molecule has 0 radical (unpaired) electrons. The molecule has 0 unspecified atom stereocenters. The van der Waals surface area contributed by atoms with Crippen LogP contribution in [0.5, 0.6) is 0 Å². The summed E-state index contributed by atoms with van der Waals surface area (Å²) in [5, 5.41) is 0. The van der Waals surface area contributed by atoms with Crippen LogP contribution in [0.2, 0.25) is 0 Å². The van der Waals surface area contributed by atoms with Gasteiger partial charge in [-0.3, -0.25) is 4.99 Å². The Morgan fingerprint density at radius 2 is 2.38 bits per heavy atom. The summed E-state index contributed by atoms with van der Waals surface area (Å²) in [7, 11) is 0. The van der Waals surface area contributed by atoms with E-state index >= 15 is 0 Å². The lowest BCUT2D eigenvalue weighted by Crippen LogP contribution is -1.98. The van der Waals surface area contributed by atoms with Crippen LogP contribution in [0.4, 0.5) is 0 Å². The van der Waals surface area contributed by atoms with Crippen molar-refractivity contribution in [3.05, 3.63) is 12.2 Å². The third-order valence-electron chi connectivity index (χ3n) is 0.681. The highest BCUT2D eigenvalue weighted by atomic mass is 14.7. The maximum absolute atomic E-state index is 5.14. The van der Waals surface area contributed by atoms with Gasteiger partial charge in [0, 0.05) is 12.8 Å². The van der Waals surface area contributed by atoms with Crippen LogP contribution in [0.3, 0.4) is 0 Å². The van der Waals surface area contributed by atoms with Crippen LogP contribution in [0.15, 0.2) is 17.1 Å². The van der Waals surface area contributed by atoms with E-state index in [0.29, 0.717) is 6.54 Å². The first-order valence-electron chi connectivity index (χ1n) is 2.71. The molecule has 0 saturated heterocycles. The highest BCUT2D eigenvalue weighted by Gasteiger charge is 1.65. The van der Waals surface area contributed by atoms with E-state index in [0.717, 1.165) is 6.54 Å². The fraction of sp³-hybridized carbons (Fsp3) is 0.500. The Balaban J connectivity index is 3.03. The summed E-state index contributed by atoms with van der Waals surface area (Å²) in [6.07, 6.45) is 5.65. The Bertz CT molecular complexity index is 84.5. The predicted molar refractivity (Wildman–Crippen MR) is 37.2 cm³/mol. The molecule has 0 spiro atoms. The van der Waals surface area contributed by atoms with Gasteiger partial charge in [0.2, 0.25) is 0 Å². The van der Waals surface area contributed by atoms with Gasteiger partial charge in [0.1, 0.15) is 0 Å². The van der Waals surface area contributed by atoms with Gasteiger partial charge in [0.25, 0.3) is 0 Å². The first-order valence-corrected chi connectivity index (χ1v) is 2.71. The van der Waals surface area contributed by atoms with Crippen molar-refractivity contribution < 1.29 is 0 Å². The van der Waals surface area contributed by atoms with Gasteiger partial charge in [-0.05, 0) is 6.92 Å². The molecule has 0 heterocycles. The van der Waals surface area contributed by atoms with E-state index in [2.05, 4.69) is 4.99 Å². The SMILES string of the molecule is C/C=C/C/N=C/CN. The van der Waals surface area contributed by atoms with Gasteiger partial charge in [-0.1, -0.05) is 12.2 Å². The molecular formula is C6H12N2. The van der Waals surface area contributed by atoms with Gasteiger partial charge >= 0.3 is 0 Å². The lowest BCUT2D eigenvalue weighted by molar-refractivity contribution is 1.22. The normalized spacial score (nSPS) is 11.8. The summed E-state index contributed by atoms with van der Waals surface area (Å²) < 4.78 is 0. The zero-order chi connectivity index (χ0) is 6.24. The number of hydrogen-bond donors (Lipinski definition) is 1. The summed E-state index contributed by atoms with van der Waals surface area (Å²) in [5.74, 6) is 0. The lowest BCUT2D eigenvalue weighted by atomic mass is 10.5. The molecule has 46 valence electrons. The molecule has 0 aromatic heterocycles. The maximum atomic E-state index is 5.14. The number of aliphatic imine (C=N–C) groups is 1. The van der Waals surface area contributed by atoms with E-state index in [1.165, 1.54) is 0 Å². The zero-order valence-electron chi connectivity index (χ0n) is 5.17. The van der Waals surface area contributed by atoms with Crippen molar-refractivity contribution in [1.29, 1.82) is 0 Å². The molecule has 0 aromatic rings. The third kappa shape index (κ3) is 5.37. The Morgan fingerprint density at radius 3 is 2.88 bits per heavy atom. The molecule has 0 atom stereocenters. The molecule has 2 N–H and O–H groups in total. The second-order valence-electron chi connectivity index (χ2n) is 1.35. The van der Waals surface area contributed by atoms with Crippen molar-refractivity contribution in [2.45, 2.75) is 6.92 Å². The highest BCUT2D eigenvalue weighted by Crippen LogP contribution is 1.70. The second-order valence-corrected chi connectivity index (χ2v) is 1.35. The largest absolute Gasteiger partial charge is 0.326 e. The molecule has 0 saturated carbocycles. The van der Waals surface area contributed by atoms with Gasteiger partial charge in [-0.15, -0.1) is 0 Å². The Morgan fingerprint density at radius 1 is 1.62 bits per heavy atom. The number of nitrogens with zero attached hydrogens (tertiary/aromatic N) is 1. The summed E-state index contributed by atoms with van der Waals surface area (Å²) in [4.78, 5) is 3.94. The zero-order valence-corrected chi connectivity index (χ0v) is 5.17. The molecule has 0 aliphatic rings. The fourth-order valence-electron chi connectivity index (χ4n) is 0.315. The van der Waals surface area contributed by atoms with Crippen LogP contribution in [0, 0.1) is 0 Å². The van der Waals surface area contributed by atoms with Gasteiger partial charge in [-0.25, -0.2) is 0 Å². The van der Waals surface area contributed by atoms with Crippen molar-refractivity contribution in [2.24, 2.45) is 10.7 Å². The molecule has 0 aliphatic carbocycles. The average Bonchev–Trinajstić information content (AvgIpc) is 1.81. The molecule has 2 nitrogen and oxygen atoms in total. The lowest BCUT2D eigenvalue weighted by Gasteiger charge is -1.79. The van der Waals surface area contributed by atoms with Crippen molar-refractivity contribution in [1.82, 2.24) is 0 Å². The minimum absolute atomic E-state index is 0.539. The molecule has 0 aromatic carbocycles. The van der Waals surface area contributed by atoms with Crippen LogP contribution in [0.25, 0.3) is 0 Å². The van der Waals surface area contributed by atoms with Crippen LogP contribution in [0.1, 0.15) is 6.92 Å². The Kier molecular flexibility index (Phi) is 5.87. The van der Waals surface area contributed by atoms with Gasteiger partial charge in [0.05, 0.1) is 6.54 Å². The summed E-state index contributed by atoms with van der Waals surface area (Å²) in [6, 6.07) is 0. The first-order chi connectivity index (χ1) is 3.91. The third-order valence-corrected chi connectivity index (χ3v) is 0.681. The van der Waals surface area contributed by atoms with E-state index < -0.39 is 0 Å². The van der Waals surface area contributed by atoms with E-state index in [4.69, 9.17) is 5.73 Å². The van der Waals surface area contributed by atoms with Crippen LogP contribution in [-0.2, 0) is 0 Å². The van der Waals surface area contributed by atoms with E-state index in [1.807, 2.05) is 19.1 Å². The summed E-state index contributed by atoms with van der Waals surface area (Å²) in [6.45, 7) is 3.27. The van der Waals surface area contributed by atoms with Gasteiger partial charge in [-0.2, -0.15) is 0 Å². The van der Waals surface area contributed by atoms with Crippen LogP contribution < -0.4 is 5.73 Å². The number of nitrogens with two attached hydrogens (primary N) is 1. The van der Waals surface area contributed by atoms with Crippen LogP contribution >= 0.6 is 0 Å². The standard InChI is InChI=1S/C6H12N2/c1-2-3-5-8-6-4-7/h2-3,6H,4-5,7H2,1H3/b3-2+,8-6+. The monoisotopic (exact) mass is 112 g/mol. The Hall–Kier alpha value is -0.630. The molecule has 8 heavy (non-hydrogen) atoms. The fourth-order valence-corrected chi connectivity index (χ4v) is 0.315.